The van der Waals surface area contributed by atoms with Gasteiger partial charge in [-0.15, -0.1) is 6.58 Å². The fraction of sp³-hybridized carbons (Fsp3) is 0.273. The van der Waals surface area contributed by atoms with Crippen LogP contribution < -0.4 is 14.8 Å². The minimum absolute atomic E-state index is 0.137. The quantitative estimate of drug-likeness (QED) is 0.713. The van der Waals surface area contributed by atoms with Crippen LogP contribution in [0.2, 0.25) is 0 Å². The molecule has 2 rings (SSSR count). The normalized spacial score (nSPS) is 10.1. The number of hydrogen-bond acceptors (Lipinski definition) is 4. The van der Waals surface area contributed by atoms with Gasteiger partial charge in [0.15, 0.2) is 11.5 Å². The SMILES string of the molecule is C=CCc1cc(C(=O)N(C)Cc2ccc(C(=O)NC)cc2)cc(OC)c1OC. The number of nitrogens with zero attached hydrogens (tertiary/aromatic N) is 1. The maximum Gasteiger partial charge on any atom is 0.254 e. The maximum absolute atomic E-state index is 12.9. The lowest BCUT2D eigenvalue weighted by atomic mass is 10.0. The zero-order chi connectivity index (χ0) is 20.7. The van der Waals surface area contributed by atoms with Gasteiger partial charge in [0.1, 0.15) is 0 Å². The molecule has 0 bridgehead atoms. The fourth-order valence-corrected chi connectivity index (χ4v) is 2.95. The van der Waals surface area contributed by atoms with Gasteiger partial charge in [-0.05, 0) is 36.2 Å². The van der Waals surface area contributed by atoms with E-state index < -0.39 is 0 Å². The van der Waals surface area contributed by atoms with Crippen molar-refractivity contribution < 1.29 is 19.1 Å². The summed E-state index contributed by atoms with van der Waals surface area (Å²) in [6, 6.07) is 10.6. The molecule has 0 aromatic heterocycles. The van der Waals surface area contributed by atoms with Gasteiger partial charge in [0.05, 0.1) is 14.2 Å². The highest BCUT2D eigenvalue weighted by atomic mass is 16.5. The van der Waals surface area contributed by atoms with Crippen molar-refractivity contribution in [3.63, 3.8) is 0 Å². The molecule has 0 spiro atoms. The van der Waals surface area contributed by atoms with E-state index in [1.54, 1.807) is 63.6 Å². The second-order valence-electron chi connectivity index (χ2n) is 6.30. The second-order valence-corrected chi connectivity index (χ2v) is 6.30. The van der Waals surface area contributed by atoms with Crippen molar-refractivity contribution in [2.24, 2.45) is 0 Å². The molecule has 0 aliphatic rings. The number of amides is 2. The summed E-state index contributed by atoms with van der Waals surface area (Å²) in [7, 11) is 6.44. The van der Waals surface area contributed by atoms with Crippen molar-refractivity contribution in [1.82, 2.24) is 10.2 Å². The number of methoxy groups -OCH3 is 2. The number of benzene rings is 2. The van der Waals surface area contributed by atoms with Crippen LogP contribution in [0.3, 0.4) is 0 Å². The van der Waals surface area contributed by atoms with E-state index in [0.717, 1.165) is 11.1 Å². The minimum Gasteiger partial charge on any atom is -0.493 e. The van der Waals surface area contributed by atoms with Crippen molar-refractivity contribution in [2.45, 2.75) is 13.0 Å². The first-order valence-corrected chi connectivity index (χ1v) is 8.87. The second kappa shape index (κ2) is 9.60. The van der Waals surface area contributed by atoms with Gasteiger partial charge in [0, 0.05) is 37.3 Å². The van der Waals surface area contributed by atoms with E-state index >= 15 is 0 Å². The fourth-order valence-electron chi connectivity index (χ4n) is 2.95. The average Bonchev–Trinajstić information content (AvgIpc) is 2.72. The van der Waals surface area contributed by atoms with Crippen LogP contribution in [0.15, 0.2) is 49.1 Å². The van der Waals surface area contributed by atoms with Crippen molar-refractivity contribution in [3.05, 3.63) is 71.3 Å². The molecular weight excluding hydrogens is 356 g/mol. The highest BCUT2D eigenvalue weighted by molar-refractivity contribution is 5.95. The van der Waals surface area contributed by atoms with Crippen LogP contribution in [0.1, 0.15) is 31.8 Å². The first-order valence-electron chi connectivity index (χ1n) is 8.87. The number of nitrogens with one attached hydrogen (secondary N) is 1. The third-order valence-corrected chi connectivity index (χ3v) is 4.38. The zero-order valence-corrected chi connectivity index (χ0v) is 16.7. The van der Waals surface area contributed by atoms with E-state index in [9.17, 15) is 9.59 Å². The van der Waals surface area contributed by atoms with Gasteiger partial charge in [-0.3, -0.25) is 9.59 Å². The Hall–Kier alpha value is -3.28. The summed E-state index contributed by atoms with van der Waals surface area (Å²) in [6.07, 6.45) is 2.31. The molecule has 2 aromatic rings. The first kappa shape index (κ1) is 21.0. The van der Waals surface area contributed by atoms with Gasteiger partial charge in [-0.2, -0.15) is 0 Å². The summed E-state index contributed by atoms with van der Waals surface area (Å²) in [4.78, 5) is 26.2. The van der Waals surface area contributed by atoms with Crippen LogP contribution in [0, 0.1) is 0 Å². The summed E-state index contributed by atoms with van der Waals surface area (Å²) in [6.45, 7) is 4.17. The van der Waals surface area contributed by atoms with Gasteiger partial charge in [0.2, 0.25) is 0 Å². The standard InChI is InChI=1S/C22H26N2O4/c1-6-7-17-12-18(13-19(27-4)20(17)28-5)22(26)24(3)14-15-8-10-16(11-9-15)21(25)23-2/h6,8-13H,1,7,14H2,2-5H3,(H,23,25). The summed E-state index contributed by atoms with van der Waals surface area (Å²) >= 11 is 0. The number of rotatable bonds is 8. The Morgan fingerprint density at radius 1 is 1.11 bits per heavy atom. The molecule has 2 aromatic carbocycles. The Kier molecular flexibility index (Phi) is 7.21. The summed E-state index contributed by atoms with van der Waals surface area (Å²) in [5.74, 6) is 0.831. The molecule has 0 aliphatic heterocycles. The van der Waals surface area contributed by atoms with Crippen LogP contribution in [0.4, 0.5) is 0 Å². The van der Waals surface area contributed by atoms with E-state index in [0.29, 0.717) is 35.6 Å². The summed E-state index contributed by atoms with van der Waals surface area (Å²) in [5.41, 5.74) is 2.85. The molecule has 1 N–H and O–H groups in total. The predicted octanol–water partition coefficient (Wildman–Crippen LogP) is 3.06. The van der Waals surface area contributed by atoms with Crippen LogP contribution in [-0.2, 0) is 13.0 Å². The van der Waals surface area contributed by atoms with Crippen LogP contribution in [-0.4, -0.2) is 45.0 Å². The van der Waals surface area contributed by atoms with Crippen molar-refractivity contribution in [1.29, 1.82) is 0 Å². The topological polar surface area (TPSA) is 67.9 Å². The van der Waals surface area contributed by atoms with Crippen LogP contribution in [0.25, 0.3) is 0 Å². The predicted molar refractivity (Wildman–Crippen MR) is 109 cm³/mol. The lowest BCUT2D eigenvalue weighted by Gasteiger charge is -2.20. The third kappa shape index (κ3) is 4.71. The van der Waals surface area contributed by atoms with E-state index in [1.165, 1.54) is 0 Å². The molecule has 0 atom stereocenters. The Balaban J connectivity index is 2.23. The average molecular weight is 382 g/mol. The first-order chi connectivity index (χ1) is 13.4. The van der Waals surface area contributed by atoms with Gasteiger partial charge < -0.3 is 19.7 Å². The number of carbonyl (C=O) groups excluding carboxylic acids is 2. The lowest BCUT2D eigenvalue weighted by molar-refractivity contribution is 0.0784. The number of ether oxygens (including phenoxy) is 2. The van der Waals surface area contributed by atoms with E-state index in [1.807, 2.05) is 12.1 Å². The largest absolute Gasteiger partial charge is 0.493 e. The molecule has 0 radical (unpaired) electrons. The number of carbonyl (C=O) groups is 2. The Morgan fingerprint density at radius 2 is 1.79 bits per heavy atom. The number of allylic oxidation sites excluding steroid dienone is 1. The molecule has 28 heavy (non-hydrogen) atoms. The molecule has 0 heterocycles. The molecule has 6 heteroatoms. The highest BCUT2D eigenvalue weighted by Gasteiger charge is 2.18. The third-order valence-electron chi connectivity index (χ3n) is 4.38. The van der Waals surface area contributed by atoms with E-state index in [4.69, 9.17) is 9.47 Å². The molecule has 0 unspecified atom stereocenters. The molecule has 0 fully saturated rings. The molecule has 148 valence electrons. The van der Waals surface area contributed by atoms with Crippen LogP contribution in [0.5, 0.6) is 11.5 Å². The Morgan fingerprint density at radius 3 is 2.32 bits per heavy atom. The molecule has 0 saturated heterocycles. The Bertz CT molecular complexity index is 860. The minimum atomic E-state index is -0.143. The highest BCUT2D eigenvalue weighted by Crippen LogP contribution is 2.33. The number of hydrogen-bond donors (Lipinski definition) is 1. The van der Waals surface area contributed by atoms with E-state index in [2.05, 4.69) is 11.9 Å². The molecule has 2 amide bonds. The lowest BCUT2D eigenvalue weighted by Crippen LogP contribution is -2.26. The van der Waals surface area contributed by atoms with Gasteiger partial charge in [-0.25, -0.2) is 0 Å². The zero-order valence-electron chi connectivity index (χ0n) is 16.7. The maximum atomic E-state index is 12.9. The van der Waals surface area contributed by atoms with Crippen molar-refractivity contribution >= 4 is 11.8 Å². The molecule has 0 aliphatic carbocycles. The summed E-state index contributed by atoms with van der Waals surface area (Å²) < 4.78 is 10.8. The van der Waals surface area contributed by atoms with Crippen molar-refractivity contribution in [3.8, 4) is 11.5 Å². The Labute approximate surface area is 165 Å². The van der Waals surface area contributed by atoms with Gasteiger partial charge >= 0.3 is 0 Å². The van der Waals surface area contributed by atoms with Gasteiger partial charge in [-0.1, -0.05) is 18.2 Å². The van der Waals surface area contributed by atoms with Crippen molar-refractivity contribution in [2.75, 3.05) is 28.3 Å². The molecule has 6 nitrogen and oxygen atoms in total. The summed E-state index contributed by atoms with van der Waals surface area (Å²) in [5, 5.41) is 2.58. The molecular formula is C22H26N2O4. The van der Waals surface area contributed by atoms with Crippen LogP contribution >= 0.6 is 0 Å². The van der Waals surface area contributed by atoms with Gasteiger partial charge in [0.25, 0.3) is 11.8 Å². The molecule has 0 saturated carbocycles. The monoisotopic (exact) mass is 382 g/mol. The smallest absolute Gasteiger partial charge is 0.254 e. The van der Waals surface area contributed by atoms with E-state index in [-0.39, 0.29) is 11.8 Å².